The molecule has 0 saturated heterocycles. The van der Waals surface area contributed by atoms with E-state index in [0.717, 1.165) is 12.1 Å². The van der Waals surface area contributed by atoms with E-state index in [1.807, 2.05) is 0 Å². The van der Waals surface area contributed by atoms with Gasteiger partial charge in [0.05, 0.1) is 12.8 Å². The highest BCUT2D eigenvalue weighted by Gasteiger charge is 2.15. The Morgan fingerprint density at radius 3 is 2.42 bits per heavy atom. The first-order chi connectivity index (χ1) is 14.9. The zero-order valence-electron chi connectivity index (χ0n) is 16.2. The topological polar surface area (TPSA) is 47.6 Å². The van der Waals surface area contributed by atoms with Gasteiger partial charge in [0.1, 0.15) is 11.6 Å². The van der Waals surface area contributed by atoms with Crippen molar-refractivity contribution < 1.29 is 31.8 Å². The van der Waals surface area contributed by atoms with Gasteiger partial charge >= 0.3 is 6.61 Å². The molecule has 0 saturated carbocycles. The van der Waals surface area contributed by atoms with E-state index in [4.69, 9.17) is 4.74 Å². The number of halogens is 4. The van der Waals surface area contributed by atoms with Gasteiger partial charge < -0.3 is 14.8 Å². The maximum Gasteiger partial charge on any atom is 0.387 e. The number of carbonyl (C=O) groups excluding carboxylic acids is 1. The van der Waals surface area contributed by atoms with Gasteiger partial charge in [-0.1, -0.05) is 36.4 Å². The number of alkyl halides is 2. The summed E-state index contributed by atoms with van der Waals surface area (Å²) in [5.74, 6) is -2.47. The summed E-state index contributed by atoms with van der Waals surface area (Å²) in [5, 5.41) is 2.42. The number of benzene rings is 3. The average molecular weight is 431 g/mol. The molecule has 0 bridgehead atoms. The minimum atomic E-state index is -3.01. The fourth-order valence-electron chi connectivity index (χ4n) is 2.86. The average Bonchev–Trinajstić information content (AvgIpc) is 2.75. The van der Waals surface area contributed by atoms with Gasteiger partial charge in [-0.2, -0.15) is 8.78 Å². The number of methoxy groups -OCH3 is 1. The smallest absolute Gasteiger partial charge is 0.387 e. The molecule has 0 aliphatic carbocycles. The van der Waals surface area contributed by atoms with E-state index in [2.05, 4.69) is 10.1 Å². The molecule has 0 spiro atoms. The van der Waals surface area contributed by atoms with E-state index in [0.29, 0.717) is 17.2 Å². The molecule has 0 aromatic heterocycles. The van der Waals surface area contributed by atoms with Gasteiger partial charge in [-0.3, -0.25) is 4.79 Å². The Balaban J connectivity index is 1.82. The second-order valence-corrected chi connectivity index (χ2v) is 6.29. The molecule has 0 heterocycles. The SMILES string of the molecule is COc1cc(/C=C/C(=O)Nc2c(F)cc(F)cc2-c2ccccc2)ccc1OC(F)F. The van der Waals surface area contributed by atoms with E-state index in [1.54, 1.807) is 30.3 Å². The Bertz CT molecular complexity index is 1100. The van der Waals surface area contributed by atoms with Crippen LogP contribution in [0.15, 0.2) is 66.7 Å². The number of nitrogens with one attached hydrogen (secondary N) is 1. The van der Waals surface area contributed by atoms with Crippen LogP contribution in [0.4, 0.5) is 23.2 Å². The summed E-state index contributed by atoms with van der Waals surface area (Å²) in [5.41, 5.74) is 1.01. The lowest BCUT2D eigenvalue weighted by Crippen LogP contribution is -2.11. The zero-order chi connectivity index (χ0) is 22.4. The fourth-order valence-corrected chi connectivity index (χ4v) is 2.86. The van der Waals surface area contributed by atoms with Crippen molar-refractivity contribution >= 4 is 17.7 Å². The molecule has 0 fully saturated rings. The minimum absolute atomic E-state index is 0.0544. The Morgan fingerprint density at radius 1 is 1.00 bits per heavy atom. The first-order valence-electron chi connectivity index (χ1n) is 9.03. The molecule has 31 heavy (non-hydrogen) atoms. The monoisotopic (exact) mass is 431 g/mol. The number of amides is 1. The molecule has 8 heteroatoms. The van der Waals surface area contributed by atoms with Crippen LogP contribution in [0.25, 0.3) is 17.2 Å². The minimum Gasteiger partial charge on any atom is -0.493 e. The molecular formula is C23H17F4NO3. The van der Waals surface area contributed by atoms with Crippen molar-refractivity contribution in [1.82, 2.24) is 0 Å². The third-order valence-electron chi connectivity index (χ3n) is 4.22. The quantitative estimate of drug-likeness (QED) is 0.375. The van der Waals surface area contributed by atoms with Crippen molar-refractivity contribution in [3.8, 4) is 22.6 Å². The molecule has 160 valence electrons. The lowest BCUT2D eigenvalue weighted by atomic mass is 10.0. The molecule has 0 aliphatic rings. The zero-order valence-corrected chi connectivity index (χ0v) is 16.2. The number of rotatable bonds is 7. The third-order valence-corrected chi connectivity index (χ3v) is 4.22. The van der Waals surface area contributed by atoms with Crippen molar-refractivity contribution in [2.24, 2.45) is 0 Å². The number of ether oxygens (including phenoxy) is 2. The highest BCUT2D eigenvalue weighted by atomic mass is 19.3. The van der Waals surface area contributed by atoms with Crippen LogP contribution in [-0.2, 0) is 4.79 Å². The molecular weight excluding hydrogens is 414 g/mol. The molecule has 0 atom stereocenters. The van der Waals surface area contributed by atoms with Crippen molar-refractivity contribution in [3.63, 3.8) is 0 Å². The van der Waals surface area contributed by atoms with Crippen LogP contribution in [0.2, 0.25) is 0 Å². The number of anilines is 1. The summed E-state index contributed by atoms with van der Waals surface area (Å²) in [6.45, 7) is -3.01. The second kappa shape index (κ2) is 9.80. The first-order valence-corrected chi connectivity index (χ1v) is 9.03. The van der Waals surface area contributed by atoms with E-state index in [1.165, 1.54) is 31.4 Å². The molecule has 1 amide bonds. The summed E-state index contributed by atoms with van der Waals surface area (Å²) in [7, 11) is 1.29. The molecule has 0 unspecified atom stereocenters. The Morgan fingerprint density at radius 2 is 1.74 bits per heavy atom. The van der Waals surface area contributed by atoms with Gasteiger partial charge in [-0.05, 0) is 35.4 Å². The number of carbonyl (C=O) groups is 1. The summed E-state index contributed by atoms with van der Waals surface area (Å²) < 4.78 is 62.3. The van der Waals surface area contributed by atoms with Crippen LogP contribution in [0.1, 0.15) is 5.56 Å². The van der Waals surface area contributed by atoms with E-state index in [9.17, 15) is 22.4 Å². The maximum atomic E-state index is 14.4. The van der Waals surface area contributed by atoms with Crippen LogP contribution >= 0.6 is 0 Å². The van der Waals surface area contributed by atoms with Gasteiger partial charge in [0.25, 0.3) is 0 Å². The van der Waals surface area contributed by atoms with Crippen molar-refractivity contribution in [1.29, 1.82) is 0 Å². The molecule has 3 aromatic rings. The van der Waals surface area contributed by atoms with Crippen LogP contribution in [0.3, 0.4) is 0 Å². The van der Waals surface area contributed by atoms with Gasteiger partial charge in [-0.15, -0.1) is 0 Å². The normalized spacial score (nSPS) is 11.0. The second-order valence-electron chi connectivity index (χ2n) is 6.29. The van der Waals surface area contributed by atoms with Crippen LogP contribution < -0.4 is 14.8 Å². The van der Waals surface area contributed by atoms with Crippen LogP contribution in [0, 0.1) is 11.6 Å². The standard InChI is InChI=1S/C23H17F4NO3/c1-30-20-11-14(7-9-19(20)31-23(26)27)8-10-21(29)28-22-17(12-16(24)13-18(22)25)15-5-3-2-4-6-15/h2-13,23H,1H3,(H,28,29)/b10-8+. The van der Waals surface area contributed by atoms with E-state index in [-0.39, 0.29) is 22.7 Å². The van der Waals surface area contributed by atoms with Gasteiger partial charge in [0.2, 0.25) is 5.91 Å². The molecule has 4 nitrogen and oxygen atoms in total. The molecule has 3 rings (SSSR count). The lowest BCUT2D eigenvalue weighted by Gasteiger charge is -2.12. The molecule has 1 N–H and O–H groups in total. The fraction of sp³-hybridized carbons (Fsp3) is 0.0870. The Labute approximate surface area is 175 Å². The van der Waals surface area contributed by atoms with Gasteiger partial charge in [0, 0.05) is 17.7 Å². The first kappa shape index (κ1) is 21.9. The third kappa shape index (κ3) is 5.63. The Hall–Kier alpha value is -3.81. The summed E-state index contributed by atoms with van der Waals surface area (Å²) >= 11 is 0. The lowest BCUT2D eigenvalue weighted by molar-refractivity contribution is -0.111. The van der Waals surface area contributed by atoms with E-state index < -0.39 is 24.2 Å². The largest absolute Gasteiger partial charge is 0.493 e. The maximum absolute atomic E-state index is 14.4. The summed E-state index contributed by atoms with van der Waals surface area (Å²) in [4.78, 5) is 12.4. The van der Waals surface area contributed by atoms with Crippen molar-refractivity contribution in [2.75, 3.05) is 12.4 Å². The van der Waals surface area contributed by atoms with Gasteiger partial charge in [0.15, 0.2) is 11.5 Å². The highest BCUT2D eigenvalue weighted by Crippen LogP contribution is 2.32. The summed E-state index contributed by atoms with van der Waals surface area (Å²) in [6, 6.07) is 14.4. The van der Waals surface area contributed by atoms with E-state index >= 15 is 0 Å². The van der Waals surface area contributed by atoms with Crippen LogP contribution in [0.5, 0.6) is 11.5 Å². The van der Waals surface area contributed by atoms with Crippen molar-refractivity contribution in [2.45, 2.75) is 6.61 Å². The summed E-state index contributed by atoms with van der Waals surface area (Å²) in [6.07, 6.45) is 2.51. The number of hydrogen-bond acceptors (Lipinski definition) is 3. The molecule has 0 aliphatic heterocycles. The Kier molecular flexibility index (Phi) is 6.92. The molecule has 3 aromatic carbocycles. The predicted molar refractivity (Wildman–Crippen MR) is 109 cm³/mol. The molecule has 0 radical (unpaired) electrons. The van der Waals surface area contributed by atoms with Crippen LogP contribution in [-0.4, -0.2) is 19.6 Å². The predicted octanol–water partition coefficient (Wildman–Crippen LogP) is 5.89. The van der Waals surface area contributed by atoms with Gasteiger partial charge in [-0.25, -0.2) is 8.78 Å². The number of hydrogen-bond donors (Lipinski definition) is 1. The van der Waals surface area contributed by atoms with Crippen molar-refractivity contribution in [3.05, 3.63) is 83.9 Å². The highest BCUT2D eigenvalue weighted by molar-refractivity contribution is 6.04.